The van der Waals surface area contributed by atoms with E-state index in [9.17, 15) is 0 Å². The highest BCUT2D eigenvalue weighted by molar-refractivity contribution is 5.80. The molecule has 0 aromatic rings. The molecule has 23 heavy (non-hydrogen) atoms. The Morgan fingerprint density at radius 1 is 1.17 bits per heavy atom. The van der Waals surface area contributed by atoms with Gasteiger partial charge in [-0.3, -0.25) is 9.89 Å². The topological polar surface area (TPSA) is 48.9 Å². The van der Waals surface area contributed by atoms with Gasteiger partial charge < -0.3 is 15.4 Å². The predicted molar refractivity (Wildman–Crippen MR) is 97.0 cm³/mol. The fraction of sp³-hybridized carbons (Fsp3) is 0.944. The van der Waals surface area contributed by atoms with Gasteiger partial charge in [0, 0.05) is 31.7 Å². The number of nitrogens with one attached hydrogen (secondary N) is 2. The zero-order chi connectivity index (χ0) is 16.5. The van der Waals surface area contributed by atoms with Crippen LogP contribution in [0.2, 0.25) is 0 Å². The molecule has 1 saturated carbocycles. The Hall–Kier alpha value is -0.810. The third-order valence-electron chi connectivity index (χ3n) is 5.01. The third-order valence-corrected chi connectivity index (χ3v) is 5.01. The summed E-state index contributed by atoms with van der Waals surface area (Å²) in [5.74, 6) is 1.60. The van der Waals surface area contributed by atoms with Crippen LogP contribution in [0.25, 0.3) is 0 Å². The fourth-order valence-electron chi connectivity index (χ4n) is 3.60. The van der Waals surface area contributed by atoms with Gasteiger partial charge in [-0.1, -0.05) is 33.1 Å². The second-order valence-corrected chi connectivity index (χ2v) is 7.16. The van der Waals surface area contributed by atoms with Crippen LogP contribution in [0.4, 0.5) is 0 Å². The molecule has 1 heterocycles. The van der Waals surface area contributed by atoms with Gasteiger partial charge in [0.15, 0.2) is 5.96 Å². The summed E-state index contributed by atoms with van der Waals surface area (Å²) in [5.41, 5.74) is 0. The van der Waals surface area contributed by atoms with Gasteiger partial charge in [-0.15, -0.1) is 0 Å². The number of nitrogens with zero attached hydrogens (tertiary/aromatic N) is 2. The highest BCUT2D eigenvalue weighted by atomic mass is 16.5. The Morgan fingerprint density at radius 2 is 1.87 bits per heavy atom. The summed E-state index contributed by atoms with van der Waals surface area (Å²) >= 11 is 0. The standard InChI is InChI=1S/C18H36N4O/c1-4-19-18(21-16-8-6-5-7-9-16)20-14-17(15(2)3)22-10-12-23-13-11-22/h15-17H,4-14H2,1-3H3,(H2,19,20,21). The molecule has 1 unspecified atom stereocenters. The van der Waals surface area contributed by atoms with Crippen molar-refractivity contribution in [3.63, 3.8) is 0 Å². The number of hydrogen-bond donors (Lipinski definition) is 2. The molecule has 134 valence electrons. The summed E-state index contributed by atoms with van der Waals surface area (Å²) in [4.78, 5) is 7.46. The van der Waals surface area contributed by atoms with Crippen LogP contribution in [0, 0.1) is 5.92 Å². The van der Waals surface area contributed by atoms with Gasteiger partial charge in [0.1, 0.15) is 0 Å². The van der Waals surface area contributed by atoms with Crippen LogP contribution in [-0.2, 0) is 4.74 Å². The van der Waals surface area contributed by atoms with Gasteiger partial charge in [-0.2, -0.15) is 0 Å². The molecule has 5 heteroatoms. The Balaban J connectivity index is 1.92. The second-order valence-electron chi connectivity index (χ2n) is 7.16. The molecule has 0 aromatic carbocycles. The Morgan fingerprint density at radius 3 is 2.48 bits per heavy atom. The lowest BCUT2D eigenvalue weighted by molar-refractivity contribution is 0.00867. The van der Waals surface area contributed by atoms with Crippen molar-refractivity contribution < 1.29 is 4.74 Å². The maximum Gasteiger partial charge on any atom is 0.191 e. The molecule has 0 radical (unpaired) electrons. The number of rotatable bonds is 6. The monoisotopic (exact) mass is 324 g/mol. The first-order valence-corrected chi connectivity index (χ1v) is 9.57. The van der Waals surface area contributed by atoms with Gasteiger partial charge in [-0.25, -0.2) is 0 Å². The van der Waals surface area contributed by atoms with Crippen LogP contribution in [0.3, 0.4) is 0 Å². The predicted octanol–water partition coefficient (Wildman–Crippen LogP) is 2.23. The SMILES string of the molecule is CCNC(=NCC(C(C)C)N1CCOCC1)NC1CCCCC1. The van der Waals surface area contributed by atoms with Crippen LogP contribution in [0.5, 0.6) is 0 Å². The quantitative estimate of drug-likeness (QED) is 0.581. The van der Waals surface area contributed by atoms with E-state index in [0.717, 1.165) is 45.4 Å². The summed E-state index contributed by atoms with van der Waals surface area (Å²) in [6.45, 7) is 12.3. The molecular formula is C18H36N4O. The zero-order valence-corrected chi connectivity index (χ0v) is 15.3. The van der Waals surface area contributed by atoms with E-state index in [1.165, 1.54) is 32.1 Å². The number of hydrogen-bond acceptors (Lipinski definition) is 3. The van der Waals surface area contributed by atoms with Crippen molar-refractivity contribution in [1.82, 2.24) is 15.5 Å². The highest BCUT2D eigenvalue weighted by Gasteiger charge is 2.24. The first kappa shape index (κ1) is 18.5. The minimum absolute atomic E-state index is 0.501. The highest BCUT2D eigenvalue weighted by Crippen LogP contribution is 2.17. The maximum atomic E-state index is 5.49. The second kappa shape index (κ2) is 10.1. The molecule has 2 aliphatic rings. The van der Waals surface area contributed by atoms with Crippen LogP contribution >= 0.6 is 0 Å². The molecule has 0 amide bonds. The Labute approximate surface area is 142 Å². The van der Waals surface area contributed by atoms with Crippen molar-refractivity contribution in [2.45, 2.75) is 65.0 Å². The molecule has 1 atom stereocenters. The van der Waals surface area contributed by atoms with E-state index in [1.54, 1.807) is 0 Å². The van der Waals surface area contributed by atoms with Crippen molar-refractivity contribution >= 4 is 5.96 Å². The van der Waals surface area contributed by atoms with Crippen molar-refractivity contribution in [3.05, 3.63) is 0 Å². The Kier molecular flexibility index (Phi) is 8.17. The molecule has 2 rings (SSSR count). The average molecular weight is 325 g/mol. The van der Waals surface area contributed by atoms with E-state index < -0.39 is 0 Å². The van der Waals surface area contributed by atoms with Crippen LogP contribution in [0.15, 0.2) is 4.99 Å². The normalized spacial score (nSPS) is 23.0. The van der Waals surface area contributed by atoms with Gasteiger partial charge in [0.05, 0.1) is 19.8 Å². The minimum atomic E-state index is 0.501. The lowest BCUT2D eigenvalue weighted by Crippen LogP contribution is -2.49. The van der Waals surface area contributed by atoms with E-state index in [0.29, 0.717) is 18.0 Å². The van der Waals surface area contributed by atoms with E-state index >= 15 is 0 Å². The molecule has 0 spiro atoms. The zero-order valence-electron chi connectivity index (χ0n) is 15.3. The number of guanidine groups is 1. The average Bonchev–Trinajstić information content (AvgIpc) is 2.57. The molecule has 0 bridgehead atoms. The molecule has 0 aromatic heterocycles. The summed E-state index contributed by atoms with van der Waals surface area (Å²) < 4.78 is 5.49. The number of morpholine rings is 1. The summed E-state index contributed by atoms with van der Waals surface area (Å²) in [7, 11) is 0. The minimum Gasteiger partial charge on any atom is -0.379 e. The van der Waals surface area contributed by atoms with Crippen LogP contribution in [-0.4, -0.2) is 62.3 Å². The summed E-state index contributed by atoms with van der Waals surface area (Å²) in [6.07, 6.45) is 6.64. The van der Waals surface area contributed by atoms with Gasteiger partial charge >= 0.3 is 0 Å². The molecule has 5 nitrogen and oxygen atoms in total. The largest absolute Gasteiger partial charge is 0.379 e. The van der Waals surface area contributed by atoms with E-state index in [1.807, 2.05) is 0 Å². The smallest absolute Gasteiger partial charge is 0.191 e. The number of ether oxygens (including phenoxy) is 1. The van der Waals surface area contributed by atoms with Crippen molar-refractivity contribution in [3.8, 4) is 0 Å². The first-order chi connectivity index (χ1) is 11.2. The number of aliphatic imine (C=N–C) groups is 1. The molecule has 1 saturated heterocycles. The Bertz CT molecular complexity index is 347. The third kappa shape index (κ3) is 6.30. The van der Waals surface area contributed by atoms with Gasteiger partial charge in [0.25, 0.3) is 0 Å². The molecular weight excluding hydrogens is 288 g/mol. The van der Waals surface area contributed by atoms with Crippen molar-refractivity contribution in [2.24, 2.45) is 10.9 Å². The fourth-order valence-corrected chi connectivity index (χ4v) is 3.60. The van der Waals surface area contributed by atoms with E-state index in [4.69, 9.17) is 9.73 Å². The maximum absolute atomic E-state index is 5.49. The summed E-state index contributed by atoms with van der Waals surface area (Å²) in [5, 5.41) is 7.07. The molecule has 2 fully saturated rings. The van der Waals surface area contributed by atoms with Gasteiger partial charge in [0.2, 0.25) is 0 Å². The first-order valence-electron chi connectivity index (χ1n) is 9.57. The molecule has 1 aliphatic carbocycles. The van der Waals surface area contributed by atoms with Crippen molar-refractivity contribution in [1.29, 1.82) is 0 Å². The molecule has 2 N–H and O–H groups in total. The molecule has 1 aliphatic heterocycles. The van der Waals surface area contributed by atoms with Crippen LogP contribution < -0.4 is 10.6 Å². The lowest BCUT2D eigenvalue weighted by atomic mass is 9.96. The lowest BCUT2D eigenvalue weighted by Gasteiger charge is -2.36. The van der Waals surface area contributed by atoms with E-state index in [-0.39, 0.29) is 0 Å². The van der Waals surface area contributed by atoms with Gasteiger partial charge in [-0.05, 0) is 25.7 Å². The summed E-state index contributed by atoms with van der Waals surface area (Å²) in [6, 6.07) is 1.10. The van der Waals surface area contributed by atoms with Crippen molar-refractivity contribution in [2.75, 3.05) is 39.4 Å². The van der Waals surface area contributed by atoms with E-state index in [2.05, 4.69) is 36.3 Å². The van der Waals surface area contributed by atoms with Crippen LogP contribution in [0.1, 0.15) is 52.9 Å².